The van der Waals surface area contributed by atoms with E-state index in [1.807, 2.05) is 0 Å². The number of aliphatic hydroxyl groups excluding tert-OH is 2. The van der Waals surface area contributed by atoms with Crippen LogP contribution in [0.15, 0.2) is 12.1 Å². The van der Waals surface area contributed by atoms with Crippen LogP contribution in [0.3, 0.4) is 0 Å². The minimum absolute atomic E-state index is 0.303. The fourth-order valence-electron chi connectivity index (χ4n) is 4.49. The first-order chi connectivity index (χ1) is 15.8. The van der Waals surface area contributed by atoms with Crippen molar-refractivity contribution >= 4 is 25.3 Å². The van der Waals surface area contributed by atoms with Crippen LogP contribution in [0, 0.1) is 0 Å². The predicted molar refractivity (Wildman–Crippen MR) is 148 cm³/mol. The van der Waals surface area contributed by atoms with E-state index >= 15 is 0 Å². The first-order valence-electron chi connectivity index (χ1n) is 13.3. The van der Waals surface area contributed by atoms with Crippen LogP contribution in [-0.2, 0) is 25.7 Å². The number of aliphatic hydroxyl groups is 2. The largest absolute Gasteiger partial charge is 0.396 e. The molecule has 0 saturated carbocycles. The van der Waals surface area contributed by atoms with Crippen molar-refractivity contribution in [2.75, 3.05) is 24.7 Å². The third kappa shape index (κ3) is 14.2. The molecule has 0 fully saturated rings. The van der Waals surface area contributed by atoms with Gasteiger partial charge in [-0.05, 0) is 111 Å². The number of hydrogen-bond acceptors (Lipinski definition) is 4. The van der Waals surface area contributed by atoms with Gasteiger partial charge < -0.3 is 10.2 Å². The molecule has 0 atom stereocenters. The molecule has 0 aliphatic carbocycles. The zero-order valence-electron chi connectivity index (χ0n) is 20.5. The topological polar surface area (TPSA) is 40.5 Å². The lowest BCUT2D eigenvalue weighted by Gasteiger charge is -2.18. The summed E-state index contributed by atoms with van der Waals surface area (Å²) in [6, 6.07) is 5.09. The molecule has 1 aromatic rings. The van der Waals surface area contributed by atoms with E-state index in [-0.39, 0.29) is 0 Å². The number of unbranched alkanes of at least 4 members (excludes halogenated alkanes) is 10. The van der Waals surface area contributed by atoms with E-state index in [0.717, 1.165) is 62.9 Å². The van der Waals surface area contributed by atoms with E-state index in [1.54, 1.807) is 11.1 Å². The molecule has 0 aromatic heterocycles. The van der Waals surface area contributed by atoms with E-state index < -0.39 is 0 Å². The second-order valence-electron chi connectivity index (χ2n) is 9.23. The van der Waals surface area contributed by atoms with Gasteiger partial charge in [0.05, 0.1) is 0 Å². The maximum atomic E-state index is 9.13. The maximum absolute atomic E-state index is 9.13. The van der Waals surface area contributed by atoms with Gasteiger partial charge in [0, 0.05) is 13.2 Å². The zero-order valence-corrected chi connectivity index (χ0v) is 22.3. The molecule has 0 amide bonds. The van der Waals surface area contributed by atoms with Crippen LogP contribution in [-0.4, -0.2) is 34.9 Å². The van der Waals surface area contributed by atoms with Gasteiger partial charge in [-0.1, -0.05) is 50.7 Å². The summed E-state index contributed by atoms with van der Waals surface area (Å²) in [6.45, 7) is 0.607. The van der Waals surface area contributed by atoms with Crippen molar-refractivity contribution in [1.82, 2.24) is 0 Å². The van der Waals surface area contributed by atoms with Gasteiger partial charge in [0.25, 0.3) is 0 Å². The Labute approximate surface area is 209 Å². The molecule has 186 valence electrons. The number of aryl methyl sites for hydroxylation is 4. The zero-order chi connectivity index (χ0) is 23.3. The smallest absolute Gasteiger partial charge is 0.0431 e. The fourth-order valence-corrected chi connectivity index (χ4v) is 4.94. The lowest BCUT2D eigenvalue weighted by Crippen LogP contribution is -2.04. The molecule has 2 nitrogen and oxygen atoms in total. The van der Waals surface area contributed by atoms with Crippen LogP contribution < -0.4 is 0 Å². The lowest BCUT2D eigenvalue weighted by molar-refractivity contribution is 0.282. The summed E-state index contributed by atoms with van der Waals surface area (Å²) in [6.07, 6.45) is 21.2. The second-order valence-corrected chi connectivity index (χ2v) is 10.1. The number of hydrogen-bond donors (Lipinski definition) is 4. The summed E-state index contributed by atoms with van der Waals surface area (Å²) >= 11 is 8.70. The van der Waals surface area contributed by atoms with Crippen molar-refractivity contribution < 1.29 is 10.2 Å². The highest BCUT2D eigenvalue weighted by Gasteiger charge is 2.11. The quantitative estimate of drug-likeness (QED) is 0.105. The van der Waals surface area contributed by atoms with Gasteiger partial charge in [0.15, 0.2) is 0 Å². The minimum Gasteiger partial charge on any atom is -0.396 e. The van der Waals surface area contributed by atoms with Crippen molar-refractivity contribution in [3.8, 4) is 0 Å². The molecular weight excluding hydrogens is 432 g/mol. The van der Waals surface area contributed by atoms with E-state index in [0.29, 0.717) is 13.2 Å². The molecular formula is C28H50O2S2. The van der Waals surface area contributed by atoms with Crippen LogP contribution in [0.2, 0.25) is 0 Å². The summed E-state index contributed by atoms with van der Waals surface area (Å²) in [4.78, 5) is 0. The van der Waals surface area contributed by atoms with Gasteiger partial charge in [-0.2, -0.15) is 25.3 Å². The third-order valence-electron chi connectivity index (χ3n) is 6.44. The van der Waals surface area contributed by atoms with Crippen LogP contribution in [0.1, 0.15) is 112 Å². The lowest BCUT2D eigenvalue weighted by atomic mass is 9.88. The van der Waals surface area contributed by atoms with E-state index in [1.165, 1.54) is 75.3 Å². The molecule has 4 heteroatoms. The Morgan fingerprint density at radius 3 is 0.969 bits per heavy atom. The van der Waals surface area contributed by atoms with Gasteiger partial charge in [-0.25, -0.2) is 0 Å². The number of benzene rings is 1. The molecule has 0 aliphatic rings. The molecule has 0 heterocycles. The molecule has 0 bridgehead atoms. The third-order valence-corrected chi connectivity index (χ3v) is 7.07. The molecule has 1 rings (SSSR count). The Morgan fingerprint density at radius 1 is 0.406 bits per heavy atom. The predicted octanol–water partition coefficient (Wildman–Crippen LogP) is 7.16. The summed E-state index contributed by atoms with van der Waals surface area (Å²) in [5.41, 5.74) is 6.25. The fraction of sp³-hybridized carbons (Fsp3) is 0.786. The van der Waals surface area contributed by atoms with Gasteiger partial charge >= 0.3 is 0 Å². The number of thiol groups is 2. The average Bonchev–Trinajstić information content (AvgIpc) is 2.80. The summed E-state index contributed by atoms with van der Waals surface area (Å²) in [5.74, 6) is 2.00. The Hall–Kier alpha value is -0.160. The Bertz CT molecular complexity index is 514. The van der Waals surface area contributed by atoms with Gasteiger partial charge in [0.2, 0.25) is 0 Å². The van der Waals surface area contributed by atoms with Gasteiger partial charge in [-0.15, -0.1) is 0 Å². The van der Waals surface area contributed by atoms with E-state index in [9.17, 15) is 0 Å². The SMILES string of the molecule is OCCCCCc1cc(CCCCCCS)c(CCCCCCS)cc1CCCCCO. The van der Waals surface area contributed by atoms with Crippen LogP contribution in [0.25, 0.3) is 0 Å². The Morgan fingerprint density at radius 2 is 0.688 bits per heavy atom. The monoisotopic (exact) mass is 482 g/mol. The molecule has 0 aliphatic heterocycles. The molecule has 0 radical (unpaired) electrons. The first-order valence-corrected chi connectivity index (χ1v) is 14.6. The molecule has 0 saturated heterocycles. The summed E-state index contributed by atoms with van der Waals surface area (Å²) < 4.78 is 0. The average molecular weight is 483 g/mol. The maximum Gasteiger partial charge on any atom is 0.0431 e. The van der Waals surface area contributed by atoms with Crippen LogP contribution in [0.5, 0.6) is 0 Å². The molecule has 0 spiro atoms. The minimum atomic E-state index is 0.303. The van der Waals surface area contributed by atoms with Crippen molar-refractivity contribution in [2.45, 2.75) is 116 Å². The number of rotatable bonds is 22. The first kappa shape index (κ1) is 29.9. The normalized spacial score (nSPS) is 11.4. The van der Waals surface area contributed by atoms with Crippen molar-refractivity contribution in [3.63, 3.8) is 0 Å². The highest BCUT2D eigenvalue weighted by Crippen LogP contribution is 2.25. The molecule has 1 aromatic carbocycles. The van der Waals surface area contributed by atoms with Crippen LogP contribution >= 0.6 is 25.3 Å². The molecule has 0 unspecified atom stereocenters. The highest BCUT2D eigenvalue weighted by atomic mass is 32.1. The highest BCUT2D eigenvalue weighted by molar-refractivity contribution is 7.80. The van der Waals surface area contributed by atoms with Crippen molar-refractivity contribution in [2.24, 2.45) is 0 Å². The van der Waals surface area contributed by atoms with E-state index in [4.69, 9.17) is 10.2 Å². The molecule has 2 N–H and O–H groups in total. The standard InChI is InChI=1S/C28H50O2S2/c29-19-11-5-9-17-27-23-25(15-7-1-3-13-21-31)26(16-8-2-4-14-22-32)24-28(27)18-10-6-12-20-30/h23-24,29-32H,1-22H2. The molecule has 32 heavy (non-hydrogen) atoms. The second kappa shape index (κ2) is 21.4. The van der Waals surface area contributed by atoms with Crippen molar-refractivity contribution in [1.29, 1.82) is 0 Å². The Balaban J connectivity index is 2.90. The van der Waals surface area contributed by atoms with E-state index in [2.05, 4.69) is 37.4 Å². The summed E-state index contributed by atoms with van der Waals surface area (Å²) in [5, 5.41) is 18.3. The van der Waals surface area contributed by atoms with Gasteiger partial charge in [-0.3, -0.25) is 0 Å². The van der Waals surface area contributed by atoms with Crippen molar-refractivity contribution in [3.05, 3.63) is 34.4 Å². The Kier molecular flexibility index (Phi) is 20.0. The van der Waals surface area contributed by atoms with Crippen LogP contribution in [0.4, 0.5) is 0 Å². The van der Waals surface area contributed by atoms with Gasteiger partial charge in [0.1, 0.15) is 0 Å². The summed E-state index contributed by atoms with van der Waals surface area (Å²) in [7, 11) is 0.